The number of unbranched alkanes of at least 4 members (excludes halogenated alkanes) is 2. The number of carbonyl (C=O) groups is 4. The number of likely N-dealkylation sites (tertiary alicyclic amines) is 3. The number of terminal acetylenes is 1. The molecule has 1 aliphatic carbocycles. The molecule has 86 heavy (non-hydrogen) atoms. The van der Waals surface area contributed by atoms with E-state index in [0.717, 1.165) is 115 Å². The Bertz CT molecular complexity index is 3030. The third kappa shape index (κ3) is 15.9. The topological polar surface area (TPSA) is 250 Å². The monoisotopic (exact) mass is 1180 g/mol. The van der Waals surface area contributed by atoms with Gasteiger partial charge in [0.25, 0.3) is 0 Å². The number of ether oxygens (including phenoxy) is 2. The fourth-order valence-electron chi connectivity index (χ4n) is 13.2. The van der Waals surface area contributed by atoms with Gasteiger partial charge in [-0.3, -0.25) is 14.4 Å². The maximum Gasteiger partial charge on any atom is 0.318 e. The Balaban J connectivity index is 0.743. The maximum absolute atomic E-state index is 14.2. The van der Waals surface area contributed by atoms with E-state index in [2.05, 4.69) is 57.8 Å². The van der Waals surface area contributed by atoms with Crippen LogP contribution in [0.2, 0.25) is 0 Å². The van der Waals surface area contributed by atoms with Gasteiger partial charge in [-0.05, 0) is 117 Å². The molecule has 0 bridgehead atoms. The molecule has 4 aliphatic heterocycles. The number of benzene rings is 2. The van der Waals surface area contributed by atoms with Crippen LogP contribution in [-0.2, 0) is 36.8 Å². The molecular weight excluding hydrogens is 1090 g/mol. The molecule has 2 aromatic carbocycles. The molecule has 3 unspecified atom stereocenters. The number of amides is 5. The number of aromatic amines is 1. The van der Waals surface area contributed by atoms with Gasteiger partial charge in [-0.25, -0.2) is 14.8 Å². The largest absolute Gasteiger partial charge is 0.507 e. The molecule has 4 aromatic rings. The molecule has 6 heterocycles. The van der Waals surface area contributed by atoms with Crippen LogP contribution in [0.4, 0.5) is 16.6 Å². The third-order valence-corrected chi connectivity index (χ3v) is 18.2. The van der Waals surface area contributed by atoms with Crippen LogP contribution in [0.5, 0.6) is 5.75 Å². The summed E-state index contributed by atoms with van der Waals surface area (Å²) in [6, 6.07) is 13.3. The number of anilines is 2. The van der Waals surface area contributed by atoms with E-state index in [9.17, 15) is 24.3 Å². The van der Waals surface area contributed by atoms with Gasteiger partial charge in [-0.15, -0.1) is 6.42 Å². The maximum atomic E-state index is 14.2. The first kappa shape index (κ1) is 63.3. The molecule has 3 atom stereocenters. The minimum Gasteiger partial charge on any atom is -0.507 e. The molecule has 9 N–H and O–H groups in total. The van der Waals surface area contributed by atoms with Crippen LogP contribution in [-0.4, -0.2) is 181 Å². The van der Waals surface area contributed by atoms with E-state index in [1.165, 1.54) is 0 Å². The second-order valence-corrected chi connectivity index (χ2v) is 26.7. The summed E-state index contributed by atoms with van der Waals surface area (Å²) in [6.07, 6.45) is 21.2. The number of quaternary nitrogens is 1. The Morgan fingerprint density at radius 2 is 1.63 bits per heavy atom. The number of carbonyl (C=O) groups excluding carboxylic acids is 4. The smallest absolute Gasteiger partial charge is 0.318 e. The Morgan fingerprint density at radius 1 is 0.919 bits per heavy atom. The van der Waals surface area contributed by atoms with Gasteiger partial charge in [0.2, 0.25) is 23.7 Å². The number of fused-ring (bicyclic) bond motifs is 1. The van der Waals surface area contributed by atoms with Crippen LogP contribution < -0.4 is 32.3 Å². The SMILES string of the molecule is C#Cc1ccc(CNC(=O)C2CCCN2C(=O)C(NC(=O)N2CC3(CC(N4CCC(c5cnc(N6CCc7[nH]c(N)c(/C=C(\N)c8ccccc8O)c7C6CCCCCNC(=O)CCOCCOCC[N+](C)(C)C)nc5)CC4)C3)C2)C(C)(C)C)cc1. The summed E-state index contributed by atoms with van der Waals surface area (Å²) in [5.41, 5.74) is 19.7. The average molecular weight is 1180 g/mol. The molecule has 1 spiro atoms. The average Bonchev–Trinajstić information content (AvgIpc) is 0.946. The van der Waals surface area contributed by atoms with Crippen LogP contribution in [0, 0.1) is 23.2 Å². The number of rotatable bonds is 25. The minimum absolute atomic E-state index is 0.0227. The van der Waals surface area contributed by atoms with E-state index in [-0.39, 0.29) is 41.0 Å². The summed E-state index contributed by atoms with van der Waals surface area (Å²) in [7, 11) is 6.39. The number of nitrogens with zero attached hydrogens (tertiary/aromatic N) is 7. The summed E-state index contributed by atoms with van der Waals surface area (Å²) in [6.45, 7) is 14.2. The molecule has 5 amide bonds. The molecule has 1 saturated carbocycles. The van der Waals surface area contributed by atoms with Crippen LogP contribution in [0.25, 0.3) is 11.8 Å². The van der Waals surface area contributed by atoms with E-state index >= 15 is 0 Å². The lowest BCUT2D eigenvalue weighted by Crippen LogP contribution is -2.70. The summed E-state index contributed by atoms with van der Waals surface area (Å²) in [5.74, 6) is 3.79. The van der Waals surface area contributed by atoms with E-state index in [1.54, 1.807) is 23.1 Å². The van der Waals surface area contributed by atoms with Crippen molar-refractivity contribution in [3.63, 3.8) is 0 Å². The number of hydrogen-bond acceptors (Lipinski definition) is 13. The lowest BCUT2D eigenvalue weighted by molar-refractivity contribution is -0.870. The van der Waals surface area contributed by atoms with Gasteiger partial charge in [-0.1, -0.05) is 63.8 Å². The van der Waals surface area contributed by atoms with Crippen molar-refractivity contribution in [1.29, 1.82) is 0 Å². The fourth-order valence-corrected chi connectivity index (χ4v) is 13.2. The summed E-state index contributed by atoms with van der Waals surface area (Å²) in [5, 5.41) is 19.9. The Labute approximate surface area is 508 Å². The summed E-state index contributed by atoms with van der Waals surface area (Å²) in [4.78, 5) is 76.1. The number of nitrogens with two attached hydrogens (primary N) is 2. The number of aromatic nitrogens is 3. The number of piperidine rings is 1. The number of hydrogen-bond donors (Lipinski definition) is 7. The zero-order valence-corrected chi connectivity index (χ0v) is 51.7. The molecule has 4 fully saturated rings. The Hall–Kier alpha value is -7.18. The van der Waals surface area contributed by atoms with Crippen molar-refractivity contribution in [3.8, 4) is 18.1 Å². The minimum atomic E-state index is -0.784. The fraction of sp³-hybridized carbons (Fsp3) is 0.576. The number of nitrogen functional groups attached to an aromatic ring is 1. The van der Waals surface area contributed by atoms with Gasteiger partial charge in [0.05, 0.1) is 53.6 Å². The van der Waals surface area contributed by atoms with Crippen molar-refractivity contribution in [2.75, 3.05) is 111 Å². The van der Waals surface area contributed by atoms with Gasteiger partial charge in [0.1, 0.15) is 30.2 Å². The lowest BCUT2D eigenvalue weighted by atomic mass is 9.60. The highest BCUT2D eigenvalue weighted by Gasteiger charge is 2.56. The normalized spacial score (nSPS) is 19.5. The Morgan fingerprint density at radius 3 is 2.31 bits per heavy atom. The first-order chi connectivity index (χ1) is 41.2. The van der Waals surface area contributed by atoms with E-state index < -0.39 is 17.5 Å². The quantitative estimate of drug-likeness (QED) is 0.0213. The zero-order chi connectivity index (χ0) is 61.2. The third-order valence-electron chi connectivity index (χ3n) is 18.2. The first-order valence-electron chi connectivity index (χ1n) is 31.2. The van der Waals surface area contributed by atoms with Gasteiger partial charge in [0, 0.05) is 110 Å². The highest BCUT2D eigenvalue weighted by molar-refractivity contribution is 5.93. The first-order valence-corrected chi connectivity index (χ1v) is 31.2. The second-order valence-electron chi connectivity index (χ2n) is 26.7. The molecule has 20 nitrogen and oxygen atoms in total. The van der Waals surface area contributed by atoms with Gasteiger partial charge in [0.15, 0.2) is 0 Å². The second kappa shape index (κ2) is 28.1. The number of likely N-dealkylation sites (N-methyl/N-ethyl adjacent to an activating group) is 1. The summed E-state index contributed by atoms with van der Waals surface area (Å²) >= 11 is 0. The highest BCUT2D eigenvalue weighted by atomic mass is 16.5. The van der Waals surface area contributed by atoms with Crippen molar-refractivity contribution >= 4 is 47.3 Å². The van der Waals surface area contributed by atoms with Gasteiger partial charge < -0.3 is 71.1 Å². The molecule has 20 heteroatoms. The van der Waals surface area contributed by atoms with Crippen LogP contribution in [0.15, 0.2) is 60.9 Å². The number of aromatic hydroxyl groups is 1. The lowest BCUT2D eigenvalue weighted by Gasteiger charge is -2.61. The number of phenols is 1. The molecule has 0 radical (unpaired) electrons. The van der Waals surface area contributed by atoms with E-state index in [4.69, 9.17) is 37.3 Å². The zero-order valence-electron chi connectivity index (χ0n) is 51.7. The molecule has 9 rings (SSSR count). The van der Waals surface area contributed by atoms with E-state index in [0.29, 0.717) is 120 Å². The summed E-state index contributed by atoms with van der Waals surface area (Å²) < 4.78 is 12.1. The number of para-hydroxylation sites is 1. The number of H-pyrrole nitrogens is 1. The standard InChI is InChI=1S/C66H93N13O7/c1-8-45-19-21-46(22-20-45)40-70-61(82)55-17-14-28-77(55)62(83)59(65(2,3)4)74-64(84)76-43-66(44-76)38-49(39-66)75-29-23-47(24-30-75)48-41-71-63(72-42-48)78-31-25-53-58(51(60(68)73-53)37-52(67)50-15-11-12-18-56(50)80)54(78)16-10-9-13-27-69-57(81)26-33-85-35-36-86-34-32-79(5,6)7/h1,11-12,15,18-22,37,41-42,47,49,54-55,59,73H,9-10,13-14,16-17,23-36,38-40,43-44,67-68H2,2-7H3,(H3-,69,70,74,80,81,82,84)/p+1/b52-37-. The van der Waals surface area contributed by atoms with Crippen molar-refractivity contribution in [2.45, 2.75) is 134 Å². The highest BCUT2D eigenvalue weighted by Crippen LogP contribution is 2.51. The molecule has 5 aliphatic rings. The number of phenolic OH excluding ortho intramolecular Hbond substituents is 1. The predicted octanol–water partition coefficient (Wildman–Crippen LogP) is 6.52. The van der Waals surface area contributed by atoms with Crippen molar-refractivity contribution in [1.82, 2.24) is 45.6 Å². The molecule has 2 aromatic heterocycles. The van der Waals surface area contributed by atoms with E-state index in [1.807, 2.05) is 74.5 Å². The number of nitrogens with one attached hydrogen (secondary N) is 4. The van der Waals surface area contributed by atoms with Gasteiger partial charge in [-0.2, -0.15) is 0 Å². The van der Waals surface area contributed by atoms with Crippen LogP contribution in [0.1, 0.15) is 142 Å². The molecular formula is C66H94N13O7+. The van der Waals surface area contributed by atoms with Crippen LogP contribution in [0.3, 0.4) is 0 Å². The van der Waals surface area contributed by atoms with Crippen molar-refractivity contribution in [3.05, 3.63) is 100.0 Å². The Kier molecular flexibility index (Phi) is 20.7. The number of urea groups is 1. The molecule has 464 valence electrons. The van der Waals surface area contributed by atoms with Gasteiger partial charge >= 0.3 is 6.03 Å². The predicted molar refractivity (Wildman–Crippen MR) is 335 cm³/mol. The van der Waals surface area contributed by atoms with Crippen molar-refractivity contribution in [2.24, 2.45) is 16.6 Å². The van der Waals surface area contributed by atoms with Crippen molar-refractivity contribution < 1.29 is 38.2 Å². The molecule has 3 saturated heterocycles. The van der Waals surface area contributed by atoms with Crippen LogP contribution >= 0.6 is 0 Å².